The smallest absolute Gasteiger partial charge is 0.334 e. The predicted octanol–water partition coefficient (Wildman–Crippen LogP) is 4.42. The van der Waals surface area contributed by atoms with Crippen molar-refractivity contribution in [2.45, 2.75) is 6.18 Å². The van der Waals surface area contributed by atoms with Crippen molar-refractivity contribution in [1.82, 2.24) is 15.1 Å². The molecule has 0 atom stereocenters. The summed E-state index contributed by atoms with van der Waals surface area (Å²) in [5.74, 6) is 0.332. The molecule has 0 aliphatic carbocycles. The Hall–Kier alpha value is -1.97. The van der Waals surface area contributed by atoms with Gasteiger partial charge in [0.25, 0.3) is 5.89 Å². The van der Waals surface area contributed by atoms with Crippen LogP contribution in [0.3, 0.4) is 0 Å². The molecule has 0 radical (unpaired) electrons. The third-order valence-corrected chi connectivity index (χ3v) is 3.82. The van der Waals surface area contributed by atoms with Gasteiger partial charge in [-0.05, 0) is 52.9 Å². The molecule has 1 aromatic carbocycles. The monoisotopic (exact) mass is 417 g/mol. The number of alkyl halides is 3. The summed E-state index contributed by atoms with van der Waals surface area (Å²) in [7, 11) is 0. The first-order valence-electron chi connectivity index (χ1n) is 6.06. The Morgan fingerprint density at radius 2 is 1.73 bits per heavy atom. The lowest BCUT2D eigenvalue weighted by Crippen LogP contribution is -2.07. The summed E-state index contributed by atoms with van der Waals surface area (Å²) in [5, 5.41) is 3.78. The highest BCUT2D eigenvalue weighted by Crippen LogP contribution is 2.35. The number of pyridine rings is 1. The number of aromatic nitrogens is 3. The quantitative estimate of drug-likeness (QED) is 0.580. The molecular weight excluding hydrogens is 410 g/mol. The second kappa shape index (κ2) is 5.67. The van der Waals surface area contributed by atoms with Gasteiger partial charge in [0.1, 0.15) is 0 Å². The lowest BCUT2D eigenvalue weighted by atomic mass is 10.1. The summed E-state index contributed by atoms with van der Waals surface area (Å²) >= 11 is 1.64. The summed E-state index contributed by atoms with van der Waals surface area (Å²) in [6, 6.07) is 7.26. The molecule has 0 unspecified atom stereocenters. The molecule has 0 saturated heterocycles. The Balaban J connectivity index is 2.01. The number of halogens is 4. The maximum absolute atomic E-state index is 12.9. The summed E-state index contributed by atoms with van der Waals surface area (Å²) < 4.78 is 44.0. The van der Waals surface area contributed by atoms with Gasteiger partial charge in [-0.3, -0.25) is 4.98 Å². The fraction of sp³-hybridized carbons (Fsp3) is 0.0714. The number of nitrogens with zero attached hydrogens (tertiary/aromatic N) is 3. The minimum absolute atomic E-state index is 0.0358. The van der Waals surface area contributed by atoms with Crippen LogP contribution in [0.5, 0.6) is 0 Å². The SMILES string of the molecule is FC(F)(F)c1cc(-c2nc(-c3ccncc3)no2)ccc1I. The summed E-state index contributed by atoms with van der Waals surface area (Å²) in [4.78, 5) is 8.00. The Kier molecular flexibility index (Phi) is 3.85. The van der Waals surface area contributed by atoms with E-state index in [1.165, 1.54) is 12.1 Å². The molecule has 0 spiro atoms. The van der Waals surface area contributed by atoms with E-state index in [1.807, 2.05) is 0 Å². The van der Waals surface area contributed by atoms with Crippen molar-refractivity contribution in [3.8, 4) is 22.8 Å². The second-order valence-corrected chi connectivity index (χ2v) is 5.51. The zero-order valence-electron chi connectivity index (χ0n) is 10.8. The van der Waals surface area contributed by atoms with Crippen LogP contribution in [0, 0.1) is 3.57 Å². The molecule has 0 aliphatic heterocycles. The van der Waals surface area contributed by atoms with Gasteiger partial charge in [-0.2, -0.15) is 18.2 Å². The zero-order chi connectivity index (χ0) is 15.7. The van der Waals surface area contributed by atoms with Gasteiger partial charge in [-0.15, -0.1) is 0 Å². The summed E-state index contributed by atoms with van der Waals surface area (Å²) in [5.41, 5.74) is 0.168. The van der Waals surface area contributed by atoms with Crippen LogP contribution in [0.15, 0.2) is 47.2 Å². The van der Waals surface area contributed by atoms with E-state index in [-0.39, 0.29) is 15.0 Å². The maximum atomic E-state index is 12.9. The van der Waals surface area contributed by atoms with Crippen molar-refractivity contribution < 1.29 is 17.7 Å². The molecule has 0 bridgehead atoms. The second-order valence-electron chi connectivity index (χ2n) is 4.35. The van der Waals surface area contributed by atoms with E-state index in [4.69, 9.17) is 4.52 Å². The van der Waals surface area contributed by atoms with E-state index in [9.17, 15) is 13.2 Å². The van der Waals surface area contributed by atoms with Crippen molar-refractivity contribution in [2.24, 2.45) is 0 Å². The molecule has 0 aliphatic rings. The van der Waals surface area contributed by atoms with E-state index in [0.717, 1.165) is 6.07 Å². The third-order valence-electron chi connectivity index (χ3n) is 2.88. The van der Waals surface area contributed by atoms with Gasteiger partial charge < -0.3 is 4.52 Å². The Labute approximate surface area is 136 Å². The van der Waals surface area contributed by atoms with Crippen LogP contribution in [0.4, 0.5) is 13.2 Å². The maximum Gasteiger partial charge on any atom is 0.417 e. The lowest BCUT2D eigenvalue weighted by Gasteiger charge is -2.09. The van der Waals surface area contributed by atoms with Crippen LogP contribution >= 0.6 is 22.6 Å². The first-order valence-corrected chi connectivity index (χ1v) is 7.14. The van der Waals surface area contributed by atoms with Crippen LogP contribution in [0.1, 0.15) is 5.56 Å². The normalized spacial score (nSPS) is 11.6. The highest BCUT2D eigenvalue weighted by molar-refractivity contribution is 14.1. The molecule has 3 rings (SSSR count). The van der Waals surface area contributed by atoms with Gasteiger partial charge in [-0.25, -0.2) is 0 Å². The van der Waals surface area contributed by atoms with Crippen molar-refractivity contribution >= 4 is 22.6 Å². The van der Waals surface area contributed by atoms with Gasteiger partial charge in [0.05, 0.1) is 5.56 Å². The van der Waals surface area contributed by atoms with Crippen LogP contribution < -0.4 is 0 Å². The largest absolute Gasteiger partial charge is 0.417 e. The Bertz CT molecular complexity index is 803. The van der Waals surface area contributed by atoms with E-state index in [2.05, 4.69) is 15.1 Å². The zero-order valence-corrected chi connectivity index (χ0v) is 13.0. The number of hydrogen-bond donors (Lipinski definition) is 0. The molecule has 4 nitrogen and oxygen atoms in total. The van der Waals surface area contributed by atoms with Crippen LogP contribution in [-0.2, 0) is 6.18 Å². The Morgan fingerprint density at radius 3 is 2.41 bits per heavy atom. The fourth-order valence-corrected chi connectivity index (χ4v) is 2.48. The minimum atomic E-state index is -4.43. The van der Waals surface area contributed by atoms with Crippen LogP contribution in [0.25, 0.3) is 22.8 Å². The average Bonchev–Trinajstić information content (AvgIpc) is 2.97. The number of rotatable bonds is 2. The molecule has 8 heteroatoms. The molecule has 112 valence electrons. The Morgan fingerprint density at radius 1 is 1.00 bits per heavy atom. The van der Waals surface area contributed by atoms with Crippen molar-refractivity contribution in [1.29, 1.82) is 0 Å². The van der Waals surface area contributed by atoms with E-state index in [1.54, 1.807) is 47.1 Å². The number of hydrogen-bond acceptors (Lipinski definition) is 4. The topological polar surface area (TPSA) is 51.8 Å². The van der Waals surface area contributed by atoms with Gasteiger partial charge in [0.2, 0.25) is 5.82 Å². The fourth-order valence-electron chi connectivity index (χ4n) is 1.83. The number of benzene rings is 1. The molecule has 2 aromatic heterocycles. The van der Waals surface area contributed by atoms with Gasteiger partial charge in [0, 0.05) is 27.1 Å². The van der Waals surface area contributed by atoms with Crippen LogP contribution in [0.2, 0.25) is 0 Å². The average molecular weight is 417 g/mol. The van der Waals surface area contributed by atoms with Crippen LogP contribution in [-0.4, -0.2) is 15.1 Å². The molecule has 22 heavy (non-hydrogen) atoms. The van der Waals surface area contributed by atoms with Gasteiger partial charge in [0.15, 0.2) is 0 Å². The molecule has 0 fully saturated rings. The van der Waals surface area contributed by atoms with Gasteiger partial charge in [-0.1, -0.05) is 5.16 Å². The molecule has 0 amide bonds. The van der Waals surface area contributed by atoms with E-state index in [0.29, 0.717) is 11.4 Å². The first kappa shape index (κ1) is 14.9. The standard InChI is InChI=1S/C14H7F3IN3O/c15-14(16,17)10-7-9(1-2-11(10)18)13-20-12(21-22-13)8-3-5-19-6-4-8/h1-7H. The van der Waals surface area contributed by atoms with Crippen molar-refractivity contribution in [3.63, 3.8) is 0 Å². The predicted molar refractivity (Wildman–Crippen MR) is 80.7 cm³/mol. The van der Waals surface area contributed by atoms with Crippen molar-refractivity contribution in [3.05, 3.63) is 51.9 Å². The summed E-state index contributed by atoms with van der Waals surface area (Å²) in [6.07, 6.45) is -1.30. The minimum Gasteiger partial charge on any atom is -0.334 e. The third kappa shape index (κ3) is 2.96. The molecule has 0 saturated carbocycles. The first-order chi connectivity index (χ1) is 10.4. The molecule has 2 heterocycles. The van der Waals surface area contributed by atoms with E-state index < -0.39 is 11.7 Å². The highest BCUT2D eigenvalue weighted by Gasteiger charge is 2.33. The lowest BCUT2D eigenvalue weighted by molar-refractivity contribution is -0.138. The summed E-state index contributed by atoms with van der Waals surface area (Å²) in [6.45, 7) is 0. The molecule has 0 N–H and O–H groups in total. The van der Waals surface area contributed by atoms with Gasteiger partial charge >= 0.3 is 6.18 Å². The highest BCUT2D eigenvalue weighted by atomic mass is 127. The molecule has 3 aromatic rings. The van der Waals surface area contributed by atoms with E-state index >= 15 is 0 Å². The van der Waals surface area contributed by atoms with Crippen molar-refractivity contribution in [2.75, 3.05) is 0 Å². The molecular formula is C14H7F3IN3O.